The lowest BCUT2D eigenvalue weighted by molar-refractivity contribution is 0.269. The van der Waals surface area contributed by atoms with Gasteiger partial charge in [-0.15, -0.1) is 0 Å². The van der Waals surface area contributed by atoms with Crippen LogP contribution in [-0.4, -0.2) is 19.8 Å². The van der Waals surface area contributed by atoms with Crippen molar-refractivity contribution < 1.29 is 9.15 Å². The molecule has 16 rings (SSSR count). The number of rotatable bonds is 5. The number of ether oxygens (including phenoxy) is 1. The maximum atomic E-state index is 6.70. The minimum absolute atomic E-state index is 0.0500. The number of benzene rings is 10. The maximum absolute atomic E-state index is 6.70. The monoisotopic (exact) mass is 907 g/mol. The third-order valence-corrected chi connectivity index (χ3v) is 15.3. The van der Waals surface area contributed by atoms with Gasteiger partial charge in [-0.1, -0.05) is 121 Å². The van der Waals surface area contributed by atoms with Gasteiger partial charge in [-0.2, -0.15) is 0 Å². The van der Waals surface area contributed by atoms with E-state index in [4.69, 9.17) is 9.15 Å². The standard InChI is InChI=1S/C66H41N3O2/c1-7-19-57-47(13-1)48-14-2-8-20-58(48)67(57)44-27-31-65-55(38-44)53-36-40(25-29-63(53)70-65)42-33-43(35-46(34-42)69-61-23-11-5-17-51(61)52-18-6-12-24-62(52)69)41-26-30-64-54(37-41)56-39-45(28-32-66(56)71-64)68-59-21-9-3-15-49(59)50-16-4-10-22-60(50)68/h1-39,55,65H. The van der Waals surface area contributed by atoms with Crippen molar-refractivity contribution >= 4 is 93.1 Å². The molecule has 1 aliphatic carbocycles. The van der Waals surface area contributed by atoms with Gasteiger partial charge in [0.1, 0.15) is 23.0 Å². The molecule has 0 amide bonds. The van der Waals surface area contributed by atoms with E-state index in [1.165, 1.54) is 71.0 Å². The topological polar surface area (TPSA) is 37.2 Å². The quantitative estimate of drug-likeness (QED) is 0.173. The molecular weight excluding hydrogens is 867 g/mol. The van der Waals surface area contributed by atoms with Gasteiger partial charge in [-0.05, 0) is 138 Å². The highest BCUT2D eigenvalue weighted by atomic mass is 16.5. The second-order valence-electron chi connectivity index (χ2n) is 19.2. The molecule has 0 N–H and O–H groups in total. The molecule has 14 aromatic rings. The maximum Gasteiger partial charge on any atom is 0.135 e. The molecule has 10 aromatic carbocycles. The first-order valence-electron chi connectivity index (χ1n) is 24.5. The van der Waals surface area contributed by atoms with Crippen LogP contribution in [0.2, 0.25) is 0 Å². The minimum Gasteiger partial charge on any atom is -0.485 e. The van der Waals surface area contributed by atoms with E-state index in [1.54, 1.807) is 0 Å². The average Bonchev–Trinajstić information content (AvgIpc) is 4.24. The number of para-hydroxylation sites is 6. The first-order valence-corrected chi connectivity index (χ1v) is 24.5. The predicted octanol–water partition coefficient (Wildman–Crippen LogP) is 17.2. The fourth-order valence-corrected chi connectivity index (χ4v) is 12.2. The van der Waals surface area contributed by atoms with Gasteiger partial charge in [-0.25, -0.2) is 0 Å². The van der Waals surface area contributed by atoms with E-state index in [0.29, 0.717) is 0 Å². The predicted molar refractivity (Wildman–Crippen MR) is 293 cm³/mol. The summed E-state index contributed by atoms with van der Waals surface area (Å²) in [6.07, 6.45) is 6.81. The van der Waals surface area contributed by atoms with Crippen LogP contribution in [0.15, 0.2) is 241 Å². The van der Waals surface area contributed by atoms with Crippen LogP contribution in [0.4, 0.5) is 0 Å². The molecule has 0 bridgehead atoms. The number of hydrogen-bond acceptors (Lipinski definition) is 2. The van der Waals surface area contributed by atoms with Crippen molar-refractivity contribution in [3.05, 3.63) is 242 Å². The third kappa shape index (κ3) is 5.63. The van der Waals surface area contributed by atoms with E-state index in [9.17, 15) is 0 Å². The van der Waals surface area contributed by atoms with Gasteiger partial charge in [0, 0.05) is 71.6 Å². The first-order chi connectivity index (χ1) is 35.2. The van der Waals surface area contributed by atoms with Gasteiger partial charge >= 0.3 is 0 Å². The molecule has 5 nitrogen and oxygen atoms in total. The molecule has 2 aliphatic rings. The highest BCUT2D eigenvalue weighted by molar-refractivity contribution is 6.13. The number of aromatic nitrogens is 3. The van der Waals surface area contributed by atoms with Crippen LogP contribution in [0.25, 0.3) is 127 Å². The number of fused-ring (bicyclic) bond motifs is 15. The molecule has 0 radical (unpaired) electrons. The van der Waals surface area contributed by atoms with Crippen LogP contribution in [0.5, 0.6) is 5.75 Å². The van der Waals surface area contributed by atoms with Crippen LogP contribution in [0, 0.1) is 0 Å². The minimum atomic E-state index is -0.0800. The van der Waals surface area contributed by atoms with Crippen molar-refractivity contribution in [2.24, 2.45) is 0 Å². The number of furan rings is 1. The van der Waals surface area contributed by atoms with Crippen molar-refractivity contribution in [1.82, 2.24) is 13.7 Å². The molecule has 0 saturated carbocycles. The van der Waals surface area contributed by atoms with E-state index in [1.807, 2.05) is 0 Å². The molecule has 0 fully saturated rings. The summed E-state index contributed by atoms with van der Waals surface area (Å²) in [4.78, 5) is 0. The van der Waals surface area contributed by atoms with Gasteiger partial charge in [0.25, 0.3) is 0 Å². The van der Waals surface area contributed by atoms with E-state index < -0.39 is 0 Å². The van der Waals surface area contributed by atoms with Crippen molar-refractivity contribution in [3.8, 4) is 39.4 Å². The highest BCUT2D eigenvalue weighted by Gasteiger charge is 2.34. The molecule has 5 heterocycles. The zero-order valence-electron chi connectivity index (χ0n) is 38.3. The number of nitrogens with zero attached hydrogens (tertiary/aromatic N) is 3. The second-order valence-corrected chi connectivity index (χ2v) is 19.2. The van der Waals surface area contributed by atoms with Crippen LogP contribution in [-0.2, 0) is 0 Å². The Balaban J connectivity index is 0.871. The van der Waals surface area contributed by atoms with Crippen LogP contribution in [0.1, 0.15) is 11.5 Å². The second kappa shape index (κ2) is 14.6. The lowest BCUT2D eigenvalue weighted by Crippen LogP contribution is -2.18. The summed E-state index contributed by atoms with van der Waals surface area (Å²) in [5, 5.41) is 9.64. The Morgan fingerprint density at radius 3 is 1.34 bits per heavy atom. The van der Waals surface area contributed by atoms with E-state index >= 15 is 0 Å². The summed E-state index contributed by atoms with van der Waals surface area (Å²) < 4.78 is 20.5. The molecule has 2 atom stereocenters. The van der Waals surface area contributed by atoms with Gasteiger partial charge in [-0.3, -0.25) is 0 Å². The van der Waals surface area contributed by atoms with Gasteiger partial charge in [0.2, 0.25) is 0 Å². The van der Waals surface area contributed by atoms with Gasteiger partial charge in [0.15, 0.2) is 0 Å². The normalized spacial score (nSPS) is 15.5. The van der Waals surface area contributed by atoms with Crippen LogP contribution >= 0.6 is 0 Å². The summed E-state index contributed by atoms with van der Waals surface area (Å²) in [6, 6.07) is 79.5. The van der Waals surface area contributed by atoms with Gasteiger partial charge < -0.3 is 22.9 Å². The van der Waals surface area contributed by atoms with E-state index in [2.05, 4.69) is 250 Å². The molecule has 1 aliphatic heterocycles. The highest BCUT2D eigenvalue weighted by Crippen LogP contribution is 2.47. The Hall–Kier alpha value is -9.32. The summed E-state index contributed by atoms with van der Waals surface area (Å²) >= 11 is 0. The fraction of sp³-hybridized carbons (Fsp3) is 0.0303. The Bertz CT molecular complexity index is 4490. The summed E-state index contributed by atoms with van der Waals surface area (Å²) in [7, 11) is 0. The Labute approximate surface area is 407 Å². The first kappa shape index (κ1) is 38.6. The SMILES string of the molecule is C1=CC2Oc3ccc(-c4cc(-c5ccc6oc7ccc(-n8c9ccccc9c9ccccc98)cc7c6c5)cc(-n5c6ccccc6c6ccccc65)c4)cc3C2C=C1n1c2ccccc2c2ccccc21. The van der Waals surface area contributed by atoms with E-state index in [-0.39, 0.29) is 12.0 Å². The smallest absolute Gasteiger partial charge is 0.135 e. The molecule has 0 spiro atoms. The van der Waals surface area contributed by atoms with Crippen LogP contribution < -0.4 is 4.74 Å². The Morgan fingerprint density at radius 1 is 0.338 bits per heavy atom. The van der Waals surface area contributed by atoms with Crippen molar-refractivity contribution in [2.75, 3.05) is 0 Å². The Kier molecular flexibility index (Phi) is 7.94. The molecule has 2 unspecified atom stereocenters. The molecular formula is C66H41N3O2. The summed E-state index contributed by atoms with van der Waals surface area (Å²) in [6.45, 7) is 0. The van der Waals surface area contributed by atoms with Gasteiger partial charge in [0.05, 0.1) is 33.1 Å². The molecule has 332 valence electrons. The molecule has 5 heteroatoms. The Morgan fingerprint density at radius 2 is 0.789 bits per heavy atom. The summed E-state index contributed by atoms with van der Waals surface area (Å²) in [5.74, 6) is 0.985. The summed E-state index contributed by atoms with van der Waals surface area (Å²) in [5.41, 5.74) is 17.9. The lowest BCUT2D eigenvalue weighted by Gasteiger charge is -2.20. The zero-order chi connectivity index (χ0) is 46.3. The lowest BCUT2D eigenvalue weighted by atomic mass is 9.88. The van der Waals surface area contributed by atoms with Crippen molar-refractivity contribution in [2.45, 2.75) is 12.0 Å². The molecule has 71 heavy (non-hydrogen) atoms. The molecule has 0 saturated heterocycles. The fourth-order valence-electron chi connectivity index (χ4n) is 12.2. The average molecular weight is 908 g/mol. The van der Waals surface area contributed by atoms with Crippen molar-refractivity contribution in [3.63, 3.8) is 0 Å². The van der Waals surface area contributed by atoms with E-state index in [0.717, 1.165) is 67.0 Å². The third-order valence-electron chi connectivity index (χ3n) is 15.3. The zero-order valence-corrected chi connectivity index (χ0v) is 38.3. The number of allylic oxidation sites excluding steroid dienone is 2. The molecule has 4 aromatic heterocycles. The largest absolute Gasteiger partial charge is 0.485 e. The van der Waals surface area contributed by atoms with Crippen LogP contribution in [0.3, 0.4) is 0 Å². The van der Waals surface area contributed by atoms with Crippen molar-refractivity contribution in [1.29, 1.82) is 0 Å². The number of hydrogen-bond donors (Lipinski definition) is 0.